The van der Waals surface area contributed by atoms with Crippen LogP contribution in [-0.4, -0.2) is 0 Å². The van der Waals surface area contributed by atoms with Gasteiger partial charge < -0.3 is 4.90 Å². The molecule has 0 unspecified atom stereocenters. The topological polar surface area (TPSA) is 3.24 Å². The summed E-state index contributed by atoms with van der Waals surface area (Å²) in [5.74, 6) is 0. The first kappa shape index (κ1) is 29.9. The maximum Gasteiger partial charge on any atom is 0.0540 e. The van der Waals surface area contributed by atoms with E-state index in [-0.39, 0.29) is 10.8 Å². The summed E-state index contributed by atoms with van der Waals surface area (Å²) in [4.78, 5) is 2.52. The summed E-state index contributed by atoms with van der Waals surface area (Å²) < 4.78 is 0. The van der Waals surface area contributed by atoms with Crippen LogP contribution in [-0.2, 0) is 10.8 Å². The van der Waals surface area contributed by atoms with Crippen molar-refractivity contribution in [3.8, 4) is 33.4 Å². The quantitative estimate of drug-likeness (QED) is 0.171. The minimum atomic E-state index is -0.107. The molecule has 244 valence electrons. The number of fused-ring (bicyclic) bond motifs is 9. The second-order valence-electron chi connectivity index (χ2n) is 15.3. The van der Waals surface area contributed by atoms with E-state index in [1.54, 1.807) is 0 Å². The third-order valence-electron chi connectivity index (χ3n) is 11.9. The molecule has 0 N–H and O–H groups in total. The van der Waals surface area contributed by atoms with Gasteiger partial charge in [0.05, 0.1) is 5.69 Å². The Kier molecular flexibility index (Phi) is 6.34. The first-order chi connectivity index (χ1) is 24.8. The predicted octanol–water partition coefficient (Wildman–Crippen LogP) is 13.7. The summed E-state index contributed by atoms with van der Waals surface area (Å²) in [5.41, 5.74) is 16.7. The van der Waals surface area contributed by atoms with Crippen LogP contribution in [0.4, 0.5) is 17.1 Å². The molecule has 0 radical (unpaired) electrons. The van der Waals surface area contributed by atoms with Gasteiger partial charge in [-0.3, -0.25) is 0 Å². The molecule has 0 saturated carbocycles. The Labute approximate surface area is 300 Å². The minimum absolute atomic E-state index is 0.107. The van der Waals surface area contributed by atoms with Gasteiger partial charge in [-0.1, -0.05) is 161 Å². The second kappa shape index (κ2) is 10.8. The third-order valence-corrected chi connectivity index (χ3v) is 11.9. The summed E-state index contributed by atoms with van der Waals surface area (Å²) in [6.07, 6.45) is 0. The van der Waals surface area contributed by atoms with E-state index < -0.39 is 0 Å². The molecule has 2 aliphatic carbocycles. The molecule has 2 aliphatic rings. The number of hydrogen-bond acceptors (Lipinski definition) is 1. The van der Waals surface area contributed by atoms with Gasteiger partial charge in [0.15, 0.2) is 0 Å². The molecule has 0 heterocycles. The van der Waals surface area contributed by atoms with Gasteiger partial charge in [-0.25, -0.2) is 0 Å². The van der Waals surface area contributed by atoms with Crippen LogP contribution in [0.15, 0.2) is 164 Å². The number of rotatable bonds is 4. The van der Waals surface area contributed by atoms with Gasteiger partial charge in [0.25, 0.3) is 0 Å². The molecule has 0 amide bonds. The SMILES string of the molecule is CC1(C)c2ccccc2-c2ccc(N(c3ccc4c(c3)C(C)(C)c3ccccc3-4)c3ccc(-c4ccccc4)c4c3ccc3ccccc34)cc21. The van der Waals surface area contributed by atoms with E-state index in [2.05, 4.69) is 196 Å². The van der Waals surface area contributed by atoms with Crippen LogP contribution in [0, 0.1) is 0 Å². The van der Waals surface area contributed by atoms with E-state index in [1.807, 2.05) is 0 Å². The van der Waals surface area contributed by atoms with E-state index in [4.69, 9.17) is 0 Å². The van der Waals surface area contributed by atoms with E-state index in [1.165, 1.54) is 94.2 Å². The first-order valence-corrected chi connectivity index (χ1v) is 18.1. The van der Waals surface area contributed by atoms with Crippen LogP contribution in [0.5, 0.6) is 0 Å². The molecule has 10 rings (SSSR count). The van der Waals surface area contributed by atoms with Crippen molar-refractivity contribution in [1.29, 1.82) is 0 Å². The standard InChI is InChI=1S/C50H39N/c1-49(2)43-20-12-10-18-38(43)40-26-23-34(30-45(40)49)51(35-24-27-41-39-19-11-13-21-44(39)50(3,4)46(41)31-35)47-29-28-37(32-14-6-5-7-15-32)48-36-17-9-8-16-33(36)22-25-42(47)48/h5-31H,1-4H3. The fourth-order valence-electron chi connectivity index (χ4n) is 9.25. The normalized spacial score (nSPS) is 14.6. The van der Waals surface area contributed by atoms with Gasteiger partial charge in [-0.2, -0.15) is 0 Å². The van der Waals surface area contributed by atoms with Crippen molar-refractivity contribution >= 4 is 38.6 Å². The van der Waals surface area contributed by atoms with Crippen molar-refractivity contribution in [2.24, 2.45) is 0 Å². The average Bonchev–Trinajstić information content (AvgIpc) is 3.54. The molecule has 0 saturated heterocycles. The highest BCUT2D eigenvalue weighted by Crippen LogP contribution is 2.54. The van der Waals surface area contributed by atoms with Crippen LogP contribution in [0.2, 0.25) is 0 Å². The minimum Gasteiger partial charge on any atom is -0.310 e. The summed E-state index contributed by atoms with van der Waals surface area (Å²) in [6.45, 7) is 9.49. The van der Waals surface area contributed by atoms with Gasteiger partial charge in [-0.05, 0) is 102 Å². The van der Waals surface area contributed by atoms with Gasteiger partial charge in [-0.15, -0.1) is 0 Å². The molecule has 1 heteroatoms. The Morgan fingerprint density at radius 2 is 0.882 bits per heavy atom. The zero-order valence-electron chi connectivity index (χ0n) is 29.5. The third kappa shape index (κ3) is 4.28. The van der Waals surface area contributed by atoms with Crippen LogP contribution < -0.4 is 4.90 Å². The van der Waals surface area contributed by atoms with Gasteiger partial charge in [0.2, 0.25) is 0 Å². The monoisotopic (exact) mass is 653 g/mol. The Hall–Kier alpha value is -5.92. The maximum atomic E-state index is 2.52. The van der Waals surface area contributed by atoms with Crippen molar-refractivity contribution in [3.63, 3.8) is 0 Å². The average molecular weight is 654 g/mol. The van der Waals surface area contributed by atoms with Crippen LogP contribution in [0.25, 0.3) is 54.9 Å². The maximum absolute atomic E-state index is 2.52. The highest BCUT2D eigenvalue weighted by molar-refractivity contribution is 6.18. The molecule has 0 spiro atoms. The lowest BCUT2D eigenvalue weighted by Gasteiger charge is -2.31. The van der Waals surface area contributed by atoms with Crippen molar-refractivity contribution in [3.05, 3.63) is 186 Å². The van der Waals surface area contributed by atoms with Crippen molar-refractivity contribution in [2.45, 2.75) is 38.5 Å². The fraction of sp³-hybridized carbons (Fsp3) is 0.120. The summed E-state index contributed by atoms with van der Waals surface area (Å²) >= 11 is 0. The van der Waals surface area contributed by atoms with Crippen LogP contribution in [0.1, 0.15) is 49.9 Å². The second-order valence-corrected chi connectivity index (χ2v) is 15.3. The lowest BCUT2D eigenvalue weighted by atomic mass is 9.82. The van der Waals surface area contributed by atoms with Gasteiger partial charge in [0.1, 0.15) is 0 Å². The Balaban J connectivity index is 1.26. The molecule has 1 nitrogen and oxygen atoms in total. The molecule has 51 heavy (non-hydrogen) atoms. The Morgan fingerprint density at radius 1 is 0.373 bits per heavy atom. The Morgan fingerprint density at radius 3 is 1.51 bits per heavy atom. The van der Waals surface area contributed by atoms with E-state index in [0.717, 1.165) is 0 Å². The smallest absolute Gasteiger partial charge is 0.0540 e. The summed E-state index contributed by atoms with van der Waals surface area (Å²) in [5, 5.41) is 5.04. The van der Waals surface area contributed by atoms with Crippen molar-refractivity contribution < 1.29 is 0 Å². The number of benzene rings is 8. The van der Waals surface area contributed by atoms with E-state index >= 15 is 0 Å². The predicted molar refractivity (Wildman–Crippen MR) is 217 cm³/mol. The molecule has 8 aromatic carbocycles. The number of anilines is 3. The summed E-state index contributed by atoms with van der Waals surface area (Å²) in [7, 11) is 0. The lowest BCUT2D eigenvalue weighted by molar-refractivity contribution is 0.660. The van der Waals surface area contributed by atoms with Crippen molar-refractivity contribution in [2.75, 3.05) is 4.90 Å². The fourth-order valence-corrected chi connectivity index (χ4v) is 9.25. The Bertz CT molecular complexity index is 2590. The molecule has 0 atom stereocenters. The largest absolute Gasteiger partial charge is 0.310 e. The van der Waals surface area contributed by atoms with Crippen LogP contribution >= 0.6 is 0 Å². The molecular formula is C50H39N. The lowest BCUT2D eigenvalue weighted by Crippen LogP contribution is -2.18. The first-order valence-electron chi connectivity index (χ1n) is 18.1. The van der Waals surface area contributed by atoms with Gasteiger partial charge >= 0.3 is 0 Å². The van der Waals surface area contributed by atoms with Gasteiger partial charge in [0, 0.05) is 27.6 Å². The molecule has 0 aromatic heterocycles. The molecule has 0 fully saturated rings. The molecule has 0 bridgehead atoms. The highest BCUT2D eigenvalue weighted by Gasteiger charge is 2.38. The number of hydrogen-bond donors (Lipinski definition) is 0. The van der Waals surface area contributed by atoms with E-state index in [9.17, 15) is 0 Å². The number of nitrogens with zero attached hydrogens (tertiary/aromatic N) is 1. The zero-order chi connectivity index (χ0) is 34.5. The van der Waals surface area contributed by atoms with Crippen molar-refractivity contribution in [1.82, 2.24) is 0 Å². The summed E-state index contributed by atoms with van der Waals surface area (Å²) in [6, 6.07) is 61.1. The highest BCUT2D eigenvalue weighted by atomic mass is 15.1. The molecule has 8 aromatic rings. The van der Waals surface area contributed by atoms with E-state index in [0.29, 0.717) is 0 Å². The molecule has 0 aliphatic heterocycles. The van der Waals surface area contributed by atoms with Crippen LogP contribution in [0.3, 0.4) is 0 Å². The zero-order valence-corrected chi connectivity index (χ0v) is 29.5. The molecular weight excluding hydrogens is 615 g/mol.